The molecule has 0 aromatic carbocycles. The summed E-state index contributed by atoms with van der Waals surface area (Å²) in [5.41, 5.74) is 2.87. The first-order valence-corrected chi connectivity index (χ1v) is 5.88. The fourth-order valence-electron chi connectivity index (χ4n) is 1.79. The van der Waals surface area contributed by atoms with Crippen LogP contribution < -0.4 is 5.32 Å². The largest absolute Gasteiger partial charge is 0.394 e. The second kappa shape index (κ2) is 5.82. The van der Waals surface area contributed by atoms with Gasteiger partial charge in [0.2, 0.25) is 5.91 Å². The molecule has 0 aliphatic heterocycles. The molecule has 5 heteroatoms. The molecule has 0 unspecified atom stereocenters. The van der Waals surface area contributed by atoms with Gasteiger partial charge < -0.3 is 10.4 Å². The highest BCUT2D eigenvalue weighted by atomic mass is 16.3. The van der Waals surface area contributed by atoms with Crippen LogP contribution in [0.25, 0.3) is 0 Å². The predicted octanol–water partition coefficient (Wildman–Crippen LogP) is 0.467. The van der Waals surface area contributed by atoms with E-state index in [1.165, 1.54) is 0 Å². The summed E-state index contributed by atoms with van der Waals surface area (Å²) in [4.78, 5) is 11.8. The molecule has 0 aliphatic carbocycles. The normalized spacial score (nSPS) is 12.5. The van der Waals surface area contributed by atoms with Crippen molar-refractivity contribution in [1.82, 2.24) is 15.1 Å². The van der Waals surface area contributed by atoms with Crippen molar-refractivity contribution >= 4 is 5.91 Å². The first kappa shape index (κ1) is 13.7. The van der Waals surface area contributed by atoms with Crippen molar-refractivity contribution in [3.8, 4) is 0 Å². The van der Waals surface area contributed by atoms with E-state index < -0.39 is 0 Å². The Morgan fingerprint density at radius 3 is 2.59 bits per heavy atom. The van der Waals surface area contributed by atoms with Crippen LogP contribution in [0.2, 0.25) is 0 Å². The Hall–Kier alpha value is -1.36. The van der Waals surface area contributed by atoms with E-state index in [-0.39, 0.29) is 18.6 Å². The van der Waals surface area contributed by atoms with Crippen LogP contribution in [0.1, 0.15) is 30.3 Å². The number of aliphatic hydroxyl groups is 1. The van der Waals surface area contributed by atoms with Crippen molar-refractivity contribution in [2.45, 2.75) is 39.7 Å². The molecule has 0 bridgehead atoms. The van der Waals surface area contributed by atoms with Crippen molar-refractivity contribution in [1.29, 1.82) is 0 Å². The zero-order valence-corrected chi connectivity index (χ0v) is 10.9. The number of hydrogen-bond acceptors (Lipinski definition) is 3. The average Bonchev–Trinajstić information content (AvgIpc) is 2.53. The first-order chi connectivity index (χ1) is 7.99. The highest BCUT2D eigenvalue weighted by Gasteiger charge is 2.15. The molecule has 1 atom stereocenters. The quantitative estimate of drug-likeness (QED) is 0.784. The van der Waals surface area contributed by atoms with Gasteiger partial charge in [0, 0.05) is 18.3 Å². The minimum Gasteiger partial charge on any atom is -0.394 e. The Morgan fingerprint density at radius 1 is 1.53 bits per heavy atom. The molecule has 0 radical (unpaired) electrons. The van der Waals surface area contributed by atoms with Gasteiger partial charge in [0.05, 0.1) is 24.8 Å². The number of rotatable bonds is 5. The van der Waals surface area contributed by atoms with E-state index in [0.717, 1.165) is 23.4 Å². The number of aromatic nitrogens is 2. The summed E-state index contributed by atoms with van der Waals surface area (Å²) in [5.74, 6) is -0.0647. The number of carbonyl (C=O) groups excluding carboxylic acids is 1. The van der Waals surface area contributed by atoms with Gasteiger partial charge in [-0.2, -0.15) is 5.10 Å². The van der Waals surface area contributed by atoms with Gasteiger partial charge in [-0.25, -0.2) is 0 Å². The molecule has 0 saturated heterocycles. The van der Waals surface area contributed by atoms with Crippen LogP contribution in [0.4, 0.5) is 0 Å². The van der Waals surface area contributed by atoms with Crippen LogP contribution in [0.15, 0.2) is 0 Å². The van der Waals surface area contributed by atoms with E-state index in [1.807, 2.05) is 27.8 Å². The zero-order valence-electron chi connectivity index (χ0n) is 10.9. The van der Waals surface area contributed by atoms with Gasteiger partial charge in [-0.15, -0.1) is 0 Å². The summed E-state index contributed by atoms with van der Waals surface area (Å²) in [6, 6.07) is -0.153. The molecule has 1 heterocycles. The average molecular weight is 239 g/mol. The molecule has 1 aromatic heterocycles. The third-order valence-electron chi connectivity index (χ3n) is 3.07. The van der Waals surface area contributed by atoms with Crippen LogP contribution in [0, 0.1) is 13.8 Å². The number of aliphatic hydroxyl groups excluding tert-OH is 1. The summed E-state index contributed by atoms with van der Waals surface area (Å²) in [6.07, 6.45) is 1.05. The van der Waals surface area contributed by atoms with E-state index in [0.29, 0.717) is 6.42 Å². The summed E-state index contributed by atoms with van der Waals surface area (Å²) in [6.45, 7) is 5.76. The summed E-state index contributed by atoms with van der Waals surface area (Å²) < 4.78 is 1.78. The van der Waals surface area contributed by atoms with Crippen LogP contribution in [0.5, 0.6) is 0 Å². The molecule has 17 heavy (non-hydrogen) atoms. The van der Waals surface area contributed by atoms with E-state index in [4.69, 9.17) is 5.11 Å². The fourth-order valence-corrected chi connectivity index (χ4v) is 1.79. The molecule has 1 amide bonds. The lowest BCUT2D eigenvalue weighted by molar-refractivity contribution is -0.121. The fraction of sp³-hybridized carbons (Fsp3) is 0.667. The van der Waals surface area contributed by atoms with Crippen molar-refractivity contribution in [2.75, 3.05) is 6.61 Å². The number of amides is 1. The second-order valence-electron chi connectivity index (χ2n) is 4.31. The second-order valence-corrected chi connectivity index (χ2v) is 4.31. The molecule has 0 fully saturated rings. The lowest BCUT2D eigenvalue weighted by atomic mass is 10.1. The molecular formula is C12H21N3O2. The lowest BCUT2D eigenvalue weighted by Crippen LogP contribution is -2.38. The molecule has 96 valence electrons. The number of carbonyl (C=O) groups is 1. The van der Waals surface area contributed by atoms with Crippen LogP contribution in [0.3, 0.4) is 0 Å². The Balaban J connectivity index is 2.68. The lowest BCUT2D eigenvalue weighted by Gasteiger charge is -2.13. The van der Waals surface area contributed by atoms with Crippen molar-refractivity contribution in [3.05, 3.63) is 17.0 Å². The third-order valence-corrected chi connectivity index (χ3v) is 3.07. The maximum Gasteiger partial charge on any atom is 0.224 e. The molecule has 5 nitrogen and oxygen atoms in total. The Morgan fingerprint density at radius 2 is 2.18 bits per heavy atom. The molecule has 0 saturated carbocycles. The molecule has 2 N–H and O–H groups in total. The van der Waals surface area contributed by atoms with E-state index in [1.54, 1.807) is 4.68 Å². The van der Waals surface area contributed by atoms with Crippen molar-refractivity contribution in [2.24, 2.45) is 7.05 Å². The third kappa shape index (κ3) is 3.30. The topological polar surface area (TPSA) is 67.2 Å². The minimum absolute atomic E-state index is 0.0206. The molecule has 0 spiro atoms. The van der Waals surface area contributed by atoms with Crippen molar-refractivity contribution < 1.29 is 9.90 Å². The van der Waals surface area contributed by atoms with Gasteiger partial charge >= 0.3 is 0 Å². The SMILES string of the molecule is CC[C@@H](CO)NC(=O)Cc1c(C)nn(C)c1C. The maximum atomic E-state index is 11.8. The smallest absolute Gasteiger partial charge is 0.224 e. The highest BCUT2D eigenvalue weighted by molar-refractivity contribution is 5.79. The van der Waals surface area contributed by atoms with E-state index in [2.05, 4.69) is 10.4 Å². The Bertz CT molecular complexity index is 395. The van der Waals surface area contributed by atoms with E-state index in [9.17, 15) is 4.79 Å². The minimum atomic E-state index is -0.153. The molecule has 1 rings (SSSR count). The maximum absolute atomic E-state index is 11.8. The number of nitrogens with zero attached hydrogens (tertiary/aromatic N) is 2. The van der Waals surface area contributed by atoms with Gasteiger partial charge in [0.25, 0.3) is 0 Å². The summed E-state index contributed by atoms with van der Waals surface area (Å²) in [5, 5.41) is 16.1. The van der Waals surface area contributed by atoms with Gasteiger partial charge in [0.1, 0.15) is 0 Å². The standard InChI is InChI=1S/C12H21N3O2/c1-5-10(7-16)13-12(17)6-11-8(2)14-15(4)9(11)3/h10,16H,5-7H2,1-4H3,(H,13,17)/t10-/m0/s1. The van der Waals surface area contributed by atoms with Gasteiger partial charge in [0.15, 0.2) is 0 Å². The Labute approximate surface area is 102 Å². The van der Waals surface area contributed by atoms with Gasteiger partial charge in [-0.3, -0.25) is 9.48 Å². The van der Waals surface area contributed by atoms with E-state index >= 15 is 0 Å². The van der Waals surface area contributed by atoms with Gasteiger partial charge in [-0.05, 0) is 20.3 Å². The van der Waals surface area contributed by atoms with Crippen LogP contribution in [-0.2, 0) is 18.3 Å². The number of aryl methyl sites for hydroxylation is 2. The molecule has 0 aliphatic rings. The monoisotopic (exact) mass is 239 g/mol. The molecular weight excluding hydrogens is 218 g/mol. The summed E-state index contributed by atoms with van der Waals surface area (Å²) >= 11 is 0. The number of nitrogens with one attached hydrogen (secondary N) is 1. The molecule has 1 aromatic rings. The van der Waals surface area contributed by atoms with Crippen molar-refractivity contribution in [3.63, 3.8) is 0 Å². The van der Waals surface area contributed by atoms with Crippen LogP contribution >= 0.6 is 0 Å². The number of hydrogen-bond donors (Lipinski definition) is 2. The first-order valence-electron chi connectivity index (χ1n) is 5.88. The van der Waals surface area contributed by atoms with Gasteiger partial charge in [-0.1, -0.05) is 6.92 Å². The summed E-state index contributed by atoms with van der Waals surface area (Å²) in [7, 11) is 1.87. The Kier molecular flexibility index (Phi) is 4.69. The predicted molar refractivity (Wildman–Crippen MR) is 65.7 cm³/mol. The zero-order chi connectivity index (χ0) is 13.0. The van der Waals surface area contributed by atoms with Crippen LogP contribution in [-0.4, -0.2) is 33.4 Å². The highest BCUT2D eigenvalue weighted by Crippen LogP contribution is 2.12.